The second-order valence-corrected chi connectivity index (χ2v) is 8.08. The van der Waals surface area contributed by atoms with E-state index in [4.69, 9.17) is 9.84 Å². The summed E-state index contributed by atoms with van der Waals surface area (Å²) in [7, 11) is 0. The Kier molecular flexibility index (Phi) is 6.37. The Balaban J connectivity index is 1.49. The number of hydrogen-bond acceptors (Lipinski definition) is 5. The molecule has 0 spiro atoms. The summed E-state index contributed by atoms with van der Waals surface area (Å²) in [5, 5.41) is 8.70. The van der Waals surface area contributed by atoms with E-state index in [1.54, 1.807) is 24.3 Å². The van der Waals surface area contributed by atoms with Gasteiger partial charge < -0.3 is 9.84 Å². The fraction of sp³-hybridized carbons (Fsp3) is 0.0800. The van der Waals surface area contributed by atoms with E-state index >= 15 is 0 Å². The average molecular weight is 445 g/mol. The van der Waals surface area contributed by atoms with Crippen LogP contribution in [0.15, 0.2) is 83.8 Å². The maximum Gasteiger partial charge on any atom is 0.335 e. The molecule has 4 rings (SSSR count). The molecule has 1 N–H and O–H groups in total. The molecule has 1 aliphatic heterocycles. The van der Waals surface area contributed by atoms with Crippen LogP contribution < -0.4 is 4.74 Å². The van der Waals surface area contributed by atoms with E-state index in [1.807, 2.05) is 48.5 Å². The highest BCUT2D eigenvalue weighted by Gasteiger charge is 2.35. The third-order valence-corrected chi connectivity index (χ3v) is 5.77. The second kappa shape index (κ2) is 9.53. The van der Waals surface area contributed by atoms with Gasteiger partial charge in [0.2, 0.25) is 0 Å². The van der Waals surface area contributed by atoms with E-state index in [0.29, 0.717) is 16.2 Å². The van der Waals surface area contributed by atoms with Crippen LogP contribution in [0.1, 0.15) is 27.0 Å². The van der Waals surface area contributed by atoms with Crippen molar-refractivity contribution >= 4 is 35.0 Å². The quantitative estimate of drug-likeness (QED) is 0.503. The lowest BCUT2D eigenvalue weighted by Gasteiger charge is -2.12. The van der Waals surface area contributed by atoms with Crippen molar-refractivity contribution in [1.82, 2.24) is 4.90 Å². The molecule has 1 saturated heterocycles. The van der Waals surface area contributed by atoms with Gasteiger partial charge in [0.25, 0.3) is 11.1 Å². The Morgan fingerprint density at radius 2 is 1.59 bits per heavy atom. The van der Waals surface area contributed by atoms with Crippen LogP contribution in [0.3, 0.4) is 0 Å². The molecule has 1 fully saturated rings. The van der Waals surface area contributed by atoms with Crippen molar-refractivity contribution in [2.45, 2.75) is 13.2 Å². The molecule has 0 unspecified atom stereocenters. The van der Waals surface area contributed by atoms with Crippen molar-refractivity contribution in [3.8, 4) is 5.75 Å². The van der Waals surface area contributed by atoms with Crippen LogP contribution in [0.5, 0.6) is 5.75 Å². The monoisotopic (exact) mass is 445 g/mol. The third-order valence-electron chi connectivity index (χ3n) is 4.86. The Labute approximate surface area is 189 Å². The summed E-state index contributed by atoms with van der Waals surface area (Å²) in [6.45, 7) is 0.466. The molecule has 0 saturated carbocycles. The summed E-state index contributed by atoms with van der Waals surface area (Å²) in [5.41, 5.74) is 2.59. The first kappa shape index (κ1) is 21.4. The van der Waals surface area contributed by atoms with Crippen molar-refractivity contribution in [2.75, 3.05) is 0 Å². The number of carboxylic acids is 1. The van der Waals surface area contributed by atoms with E-state index in [1.165, 1.54) is 17.0 Å². The number of carbonyl (C=O) groups is 3. The number of imide groups is 1. The largest absolute Gasteiger partial charge is 0.488 e. The van der Waals surface area contributed by atoms with Crippen molar-refractivity contribution in [3.05, 3.63) is 106 Å². The van der Waals surface area contributed by atoms with E-state index < -0.39 is 5.97 Å². The minimum absolute atomic E-state index is 0.209. The van der Waals surface area contributed by atoms with Gasteiger partial charge in [-0.05, 0) is 47.2 Å². The fourth-order valence-corrected chi connectivity index (χ4v) is 4.01. The molecule has 0 atom stereocenters. The zero-order valence-electron chi connectivity index (χ0n) is 16.9. The number of thioether (sulfide) groups is 1. The first-order chi connectivity index (χ1) is 15.5. The lowest BCUT2D eigenvalue weighted by molar-refractivity contribution is -0.123. The molecule has 1 heterocycles. The van der Waals surface area contributed by atoms with Crippen LogP contribution in [0.4, 0.5) is 4.79 Å². The number of carbonyl (C=O) groups excluding carboxylic acids is 2. The lowest BCUT2D eigenvalue weighted by Crippen LogP contribution is -2.27. The predicted octanol–water partition coefficient (Wildman–Crippen LogP) is 5.20. The Morgan fingerprint density at radius 1 is 0.906 bits per heavy atom. The Bertz CT molecular complexity index is 1190. The Hall–Kier alpha value is -3.84. The number of rotatable bonds is 7. The van der Waals surface area contributed by atoms with Gasteiger partial charge in [-0.15, -0.1) is 0 Å². The molecule has 0 aliphatic carbocycles. The number of ether oxygens (including phenoxy) is 1. The highest BCUT2D eigenvalue weighted by molar-refractivity contribution is 8.18. The van der Waals surface area contributed by atoms with Crippen molar-refractivity contribution in [1.29, 1.82) is 0 Å². The first-order valence-corrected chi connectivity index (χ1v) is 10.7. The summed E-state index contributed by atoms with van der Waals surface area (Å²) < 4.78 is 5.91. The number of benzene rings is 3. The molecule has 32 heavy (non-hydrogen) atoms. The Morgan fingerprint density at radius 3 is 2.31 bits per heavy atom. The van der Waals surface area contributed by atoms with Gasteiger partial charge in [-0.2, -0.15) is 0 Å². The molecule has 0 bridgehead atoms. The molecule has 3 aromatic rings. The van der Waals surface area contributed by atoms with Gasteiger partial charge >= 0.3 is 5.97 Å². The molecule has 0 aromatic heterocycles. The molecule has 1 aliphatic rings. The van der Waals surface area contributed by atoms with E-state index in [9.17, 15) is 14.4 Å². The standard InChI is InChI=1S/C25H19NO5S/c27-23-22(32-25(30)26(23)15-17-6-2-1-3-7-17)14-20-8-4-5-9-21(20)31-16-18-10-12-19(13-11-18)24(28)29/h1-14H,15-16H2,(H,28,29)/b22-14-. The lowest BCUT2D eigenvalue weighted by atomic mass is 10.1. The molecule has 3 aromatic carbocycles. The zero-order valence-corrected chi connectivity index (χ0v) is 17.7. The fourth-order valence-electron chi connectivity index (χ4n) is 3.18. The normalized spacial score (nSPS) is 14.8. The smallest absolute Gasteiger partial charge is 0.335 e. The number of para-hydroxylation sites is 1. The van der Waals surface area contributed by atoms with Crippen LogP contribution in [0, 0.1) is 0 Å². The summed E-state index contributed by atoms with van der Waals surface area (Å²) in [6, 6.07) is 23.1. The first-order valence-electron chi connectivity index (χ1n) is 9.84. The van der Waals surface area contributed by atoms with Gasteiger partial charge in [0.15, 0.2) is 0 Å². The maximum atomic E-state index is 12.8. The van der Waals surface area contributed by atoms with Gasteiger partial charge in [-0.1, -0.05) is 60.7 Å². The molecular formula is C25H19NO5S. The van der Waals surface area contributed by atoms with Gasteiger partial charge in [-0.25, -0.2) is 4.79 Å². The minimum Gasteiger partial charge on any atom is -0.488 e. The zero-order chi connectivity index (χ0) is 22.5. The topological polar surface area (TPSA) is 83.9 Å². The van der Waals surface area contributed by atoms with Crippen LogP contribution in [-0.4, -0.2) is 27.1 Å². The molecule has 6 nitrogen and oxygen atoms in total. The van der Waals surface area contributed by atoms with Crippen molar-refractivity contribution in [2.24, 2.45) is 0 Å². The predicted molar refractivity (Wildman–Crippen MR) is 122 cm³/mol. The molecule has 7 heteroatoms. The van der Waals surface area contributed by atoms with E-state index in [2.05, 4.69) is 0 Å². The number of aromatic carboxylic acids is 1. The maximum absolute atomic E-state index is 12.8. The van der Waals surface area contributed by atoms with Crippen LogP contribution in [-0.2, 0) is 17.9 Å². The van der Waals surface area contributed by atoms with E-state index in [0.717, 1.165) is 22.9 Å². The van der Waals surface area contributed by atoms with Gasteiger partial charge in [0.1, 0.15) is 12.4 Å². The summed E-state index contributed by atoms with van der Waals surface area (Å²) in [6.07, 6.45) is 1.67. The van der Waals surface area contributed by atoms with Gasteiger partial charge in [0.05, 0.1) is 17.0 Å². The SMILES string of the molecule is O=C(O)c1ccc(COc2ccccc2/C=C2\SC(=O)N(Cc3ccccc3)C2=O)cc1. The number of carboxylic acid groups (broad SMARTS) is 1. The van der Waals surface area contributed by atoms with E-state index in [-0.39, 0.29) is 29.9 Å². The highest BCUT2D eigenvalue weighted by atomic mass is 32.2. The number of amides is 2. The van der Waals surface area contributed by atoms with Crippen LogP contribution in [0.2, 0.25) is 0 Å². The van der Waals surface area contributed by atoms with Gasteiger partial charge in [0, 0.05) is 5.56 Å². The minimum atomic E-state index is -0.982. The molecule has 160 valence electrons. The van der Waals surface area contributed by atoms with Crippen LogP contribution in [0.25, 0.3) is 6.08 Å². The molecule has 2 amide bonds. The van der Waals surface area contributed by atoms with Crippen molar-refractivity contribution in [3.63, 3.8) is 0 Å². The second-order valence-electron chi connectivity index (χ2n) is 7.08. The van der Waals surface area contributed by atoms with Gasteiger partial charge in [-0.3, -0.25) is 14.5 Å². The van der Waals surface area contributed by atoms with Crippen LogP contribution >= 0.6 is 11.8 Å². The third kappa shape index (κ3) is 4.90. The average Bonchev–Trinajstić information content (AvgIpc) is 3.07. The summed E-state index contributed by atoms with van der Waals surface area (Å²) >= 11 is 0.911. The number of hydrogen-bond donors (Lipinski definition) is 1. The number of nitrogens with zero attached hydrogens (tertiary/aromatic N) is 1. The summed E-state index contributed by atoms with van der Waals surface area (Å²) in [4.78, 5) is 37.8. The highest BCUT2D eigenvalue weighted by Crippen LogP contribution is 2.35. The summed E-state index contributed by atoms with van der Waals surface area (Å²) in [5.74, 6) is -0.753. The van der Waals surface area contributed by atoms with Crippen molar-refractivity contribution < 1.29 is 24.2 Å². The molecule has 0 radical (unpaired) electrons. The molecular weight excluding hydrogens is 426 g/mol.